The molecule has 1 aromatic carbocycles. The Kier molecular flexibility index (Phi) is 6.41. The predicted octanol–water partition coefficient (Wildman–Crippen LogP) is 2.62. The Morgan fingerprint density at radius 3 is 2.28 bits per heavy atom. The van der Waals surface area contributed by atoms with E-state index in [0.29, 0.717) is 5.56 Å². The average molecular weight is 271 g/mol. The molecule has 0 amide bonds. The van der Waals surface area contributed by atoms with Crippen molar-refractivity contribution < 1.29 is 9.53 Å². The molecule has 0 bridgehead atoms. The number of hydrogen-bond donors (Lipinski definition) is 1. The highest BCUT2D eigenvalue weighted by atomic mass is 35.5. The van der Waals surface area contributed by atoms with Crippen LogP contribution in [0, 0.1) is 0 Å². The molecule has 18 heavy (non-hydrogen) atoms. The molecule has 1 rings (SSSR count). The van der Waals surface area contributed by atoms with Crippen molar-refractivity contribution in [2.75, 3.05) is 7.11 Å². The van der Waals surface area contributed by atoms with Crippen molar-refractivity contribution in [1.82, 2.24) is 5.43 Å². The van der Waals surface area contributed by atoms with E-state index in [0.717, 1.165) is 5.56 Å². The zero-order chi connectivity index (χ0) is 12.9. The molecule has 0 fully saturated rings. The van der Waals surface area contributed by atoms with Gasteiger partial charge in [0.15, 0.2) is 0 Å². The fourth-order valence-electron chi connectivity index (χ4n) is 1.12. The topological polar surface area (TPSA) is 50.7 Å². The summed E-state index contributed by atoms with van der Waals surface area (Å²) in [4.78, 5) is 11.2. The van der Waals surface area contributed by atoms with Crippen LogP contribution in [0.1, 0.15) is 36.7 Å². The van der Waals surface area contributed by atoms with E-state index >= 15 is 0 Å². The quantitative estimate of drug-likeness (QED) is 0.522. The minimum Gasteiger partial charge on any atom is -0.465 e. The van der Waals surface area contributed by atoms with Gasteiger partial charge in [-0.15, -0.1) is 12.4 Å². The van der Waals surface area contributed by atoms with Crippen LogP contribution in [0.25, 0.3) is 0 Å². The molecule has 0 aromatic heterocycles. The maximum Gasteiger partial charge on any atom is 0.337 e. The summed E-state index contributed by atoms with van der Waals surface area (Å²) in [5.74, 6) is -0.332. The molecule has 1 aromatic rings. The Morgan fingerprint density at radius 1 is 1.28 bits per heavy atom. The molecule has 0 saturated heterocycles. The second-order valence-electron chi connectivity index (χ2n) is 4.73. The van der Waals surface area contributed by atoms with Crippen LogP contribution in [0.4, 0.5) is 0 Å². The first-order valence-electron chi connectivity index (χ1n) is 5.41. The van der Waals surface area contributed by atoms with Crippen LogP contribution in [0.15, 0.2) is 29.4 Å². The number of ether oxygens (including phenoxy) is 1. The maximum absolute atomic E-state index is 11.2. The van der Waals surface area contributed by atoms with Crippen molar-refractivity contribution in [3.05, 3.63) is 35.4 Å². The highest BCUT2D eigenvalue weighted by Gasteiger charge is 2.06. The van der Waals surface area contributed by atoms with E-state index in [9.17, 15) is 4.79 Å². The van der Waals surface area contributed by atoms with Gasteiger partial charge in [0.2, 0.25) is 0 Å². The summed E-state index contributed by atoms with van der Waals surface area (Å²) in [5.41, 5.74) is 4.40. The largest absolute Gasteiger partial charge is 0.465 e. The smallest absolute Gasteiger partial charge is 0.337 e. The number of nitrogens with one attached hydrogen (secondary N) is 1. The van der Waals surface area contributed by atoms with Crippen LogP contribution >= 0.6 is 12.4 Å². The summed E-state index contributed by atoms with van der Waals surface area (Å²) in [7, 11) is 1.37. The van der Waals surface area contributed by atoms with Gasteiger partial charge in [0.1, 0.15) is 0 Å². The van der Waals surface area contributed by atoms with Crippen LogP contribution in [0.3, 0.4) is 0 Å². The summed E-state index contributed by atoms with van der Waals surface area (Å²) in [6.07, 6.45) is 1.71. The standard InChI is InChI=1S/C13H18N2O2.ClH/c1-13(2,3)15-14-9-10-5-7-11(8-6-10)12(16)17-4;/h5-9,15H,1-4H3;1H/b14-9+;. The lowest BCUT2D eigenvalue weighted by atomic mass is 10.1. The third kappa shape index (κ3) is 5.68. The summed E-state index contributed by atoms with van der Waals surface area (Å²) < 4.78 is 4.62. The lowest BCUT2D eigenvalue weighted by Gasteiger charge is -2.16. The van der Waals surface area contributed by atoms with Gasteiger partial charge < -0.3 is 10.2 Å². The van der Waals surface area contributed by atoms with Crippen LogP contribution in [0.2, 0.25) is 0 Å². The van der Waals surface area contributed by atoms with E-state index in [2.05, 4.69) is 15.3 Å². The van der Waals surface area contributed by atoms with Gasteiger partial charge in [-0.3, -0.25) is 0 Å². The number of methoxy groups -OCH3 is 1. The molecule has 0 spiro atoms. The number of carbonyl (C=O) groups is 1. The molecular formula is C13H19ClN2O2. The molecule has 4 nitrogen and oxygen atoms in total. The molecule has 0 atom stereocenters. The number of rotatable bonds is 3. The summed E-state index contributed by atoms with van der Waals surface area (Å²) >= 11 is 0. The molecule has 0 aliphatic heterocycles. The first-order valence-corrected chi connectivity index (χ1v) is 5.41. The Balaban J connectivity index is 0.00000289. The van der Waals surface area contributed by atoms with E-state index < -0.39 is 0 Å². The Morgan fingerprint density at radius 2 is 1.83 bits per heavy atom. The summed E-state index contributed by atoms with van der Waals surface area (Å²) in [5, 5.41) is 4.12. The Hall–Kier alpha value is -1.55. The van der Waals surface area contributed by atoms with Gasteiger partial charge in [-0.2, -0.15) is 5.10 Å². The Labute approximate surface area is 114 Å². The number of hydrogen-bond acceptors (Lipinski definition) is 4. The van der Waals surface area contributed by atoms with Gasteiger partial charge in [-0.05, 0) is 38.5 Å². The van der Waals surface area contributed by atoms with Crippen molar-refractivity contribution in [2.45, 2.75) is 26.3 Å². The zero-order valence-electron chi connectivity index (χ0n) is 11.1. The molecule has 0 radical (unpaired) electrons. The second kappa shape index (κ2) is 7.01. The van der Waals surface area contributed by atoms with Gasteiger partial charge in [0.05, 0.1) is 18.9 Å². The SMILES string of the molecule is COC(=O)c1ccc(/C=N/NC(C)(C)C)cc1.Cl. The van der Waals surface area contributed by atoms with Crippen LogP contribution < -0.4 is 5.43 Å². The first kappa shape index (κ1) is 16.4. The van der Waals surface area contributed by atoms with E-state index in [1.807, 2.05) is 32.9 Å². The van der Waals surface area contributed by atoms with Crippen molar-refractivity contribution in [1.29, 1.82) is 0 Å². The van der Waals surface area contributed by atoms with E-state index in [1.54, 1.807) is 18.3 Å². The van der Waals surface area contributed by atoms with Gasteiger partial charge in [0, 0.05) is 5.54 Å². The number of esters is 1. The molecule has 100 valence electrons. The number of carbonyl (C=O) groups excluding carboxylic acids is 1. The fourth-order valence-corrected chi connectivity index (χ4v) is 1.12. The predicted molar refractivity (Wildman–Crippen MR) is 75.5 cm³/mol. The number of nitrogens with zero attached hydrogens (tertiary/aromatic N) is 1. The summed E-state index contributed by atoms with van der Waals surface area (Å²) in [6.45, 7) is 6.10. The van der Waals surface area contributed by atoms with Crippen molar-refractivity contribution in [2.24, 2.45) is 5.10 Å². The molecule has 5 heteroatoms. The highest BCUT2D eigenvalue weighted by molar-refractivity contribution is 5.90. The third-order valence-corrected chi connectivity index (χ3v) is 1.95. The third-order valence-electron chi connectivity index (χ3n) is 1.95. The van der Waals surface area contributed by atoms with Crippen LogP contribution in [-0.4, -0.2) is 24.8 Å². The van der Waals surface area contributed by atoms with E-state index in [1.165, 1.54) is 7.11 Å². The Bertz CT molecular complexity index is 408. The molecule has 0 aliphatic carbocycles. The average Bonchev–Trinajstić information content (AvgIpc) is 2.27. The summed E-state index contributed by atoms with van der Waals surface area (Å²) in [6, 6.07) is 7.06. The number of benzene rings is 1. The number of hydrazone groups is 1. The van der Waals surface area contributed by atoms with Gasteiger partial charge >= 0.3 is 5.97 Å². The second-order valence-corrected chi connectivity index (χ2v) is 4.73. The number of halogens is 1. The van der Waals surface area contributed by atoms with Crippen molar-refractivity contribution >= 4 is 24.6 Å². The molecule has 1 N–H and O–H groups in total. The van der Waals surface area contributed by atoms with Gasteiger partial charge in [-0.25, -0.2) is 4.79 Å². The van der Waals surface area contributed by atoms with Crippen LogP contribution in [0.5, 0.6) is 0 Å². The normalized spacial score (nSPS) is 10.9. The maximum atomic E-state index is 11.2. The molecule has 0 saturated carbocycles. The lowest BCUT2D eigenvalue weighted by Crippen LogP contribution is -2.31. The van der Waals surface area contributed by atoms with Gasteiger partial charge in [0.25, 0.3) is 0 Å². The van der Waals surface area contributed by atoms with Crippen molar-refractivity contribution in [3.63, 3.8) is 0 Å². The van der Waals surface area contributed by atoms with E-state index in [-0.39, 0.29) is 23.9 Å². The van der Waals surface area contributed by atoms with Crippen molar-refractivity contribution in [3.8, 4) is 0 Å². The molecule has 0 unspecified atom stereocenters. The molecular weight excluding hydrogens is 252 g/mol. The highest BCUT2D eigenvalue weighted by Crippen LogP contribution is 2.04. The van der Waals surface area contributed by atoms with Gasteiger partial charge in [-0.1, -0.05) is 12.1 Å². The minimum atomic E-state index is -0.332. The van der Waals surface area contributed by atoms with Crippen LogP contribution in [-0.2, 0) is 4.74 Å². The van der Waals surface area contributed by atoms with E-state index in [4.69, 9.17) is 0 Å². The zero-order valence-corrected chi connectivity index (χ0v) is 11.9. The first-order chi connectivity index (χ1) is 7.92. The monoisotopic (exact) mass is 270 g/mol. The fraction of sp³-hybridized carbons (Fsp3) is 0.385. The lowest BCUT2D eigenvalue weighted by molar-refractivity contribution is 0.0601. The molecule has 0 heterocycles. The minimum absolute atomic E-state index is 0. The molecule has 0 aliphatic rings.